The third-order valence-electron chi connectivity index (χ3n) is 7.26. The summed E-state index contributed by atoms with van der Waals surface area (Å²) in [5.41, 5.74) is 2.45. The van der Waals surface area contributed by atoms with E-state index in [4.69, 9.17) is 9.73 Å². The summed E-state index contributed by atoms with van der Waals surface area (Å²) in [6.45, 7) is 0.0972. The molecule has 3 aromatic carbocycles. The van der Waals surface area contributed by atoms with E-state index in [2.05, 4.69) is 21.3 Å². The lowest BCUT2D eigenvalue weighted by Gasteiger charge is -2.24. The van der Waals surface area contributed by atoms with Gasteiger partial charge >= 0.3 is 18.1 Å². The number of rotatable bonds is 12. The van der Waals surface area contributed by atoms with E-state index in [9.17, 15) is 24.3 Å². The lowest BCUT2D eigenvalue weighted by molar-refractivity contribution is -0.139. The van der Waals surface area contributed by atoms with Gasteiger partial charge in [0.1, 0.15) is 18.5 Å². The standard InChI is InChI=1S/C34H34N6O6/c41-31(35-19-29(32(42)43)39-34(45)46-22-24-9-3-1-4-10-24)25-17-15-23(16-18-25)20-40(33(44)36-26-11-5-2-6-12-26)21-30-37-27-13-7-8-14-28(27)38-30/h1-18,27-29H,19-22H2,(H,35,41)(H,36,44)(H,37,38)(H,39,45)(H,42,43)/t27?,28?,29-/m0/s1. The third-order valence-corrected chi connectivity index (χ3v) is 7.26. The van der Waals surface area contributed by atoms with Gasteiger partial charge in [0.25, 0.3) is 5.91 Å². The van der Waals surface area contributed by atoms with Crippen molar-refractivity contribution in [1.82, 2.24) is 20.9 Å². The van der Waals surface area contributed by atoms with Crippen molar-refractivity contribution in [1.29, 1.82) is 0 Å². The first-order valence-corrected chi connectivity index (χ1v) is 14.7. The molecule has 5 rings (SSSR count). The molecule has 1 heterocycles. The number of nitrogens with one attached hydrogen (secondary N) is 4. The maximum Gasteiger partial charge on any atom is 0.408 e. The molecule has 0 spiro atoms. The van der Waals surface area contributed by atoms with Crippen molar-refractivity contribution >= 4 is 35.5 Å². The Morgan fingerprint density at radius 1 is 0.870 bits per heavy atom. The number of ether oxygens (including phenoxy) is 1. The summed E-state index contributed by atoms with van der Waals surface area (Å²) in [5, 5.41) is 20.6. The smallest absolute Gasteiger partial charge is 0.408 e. The molecule has 2 aliphatic rings. The van der Waals surface area contributed by atoms with Crippen LogP contribution in [0.25, 0.3) is 0 Å². The number of anilines is 1. The zero-order valence-corrected chi connectivity index (χ0v) is 24.8. The Kier molecular flexibility index (Phi) is 10.4. The number of fused-ring (bicyclic) bond motifs is 1. The van der Waals surface area contributed by atoms with Crippen molar-refractivity contribution in [3.05, 3.63) is 126 Å². The Bertz CT molecular complexity index is 1620. The van der Waals surface area contributed by atoms with E-state index in [0.717, 1.165) is 11.1 Å². The number of para-hydroxylation sites is 1. The number of carboxylic acids is 1. The Labute approximate surface area is 265 Å². The van der Waals surface area contributed by atoms with Gasteiger partial charge in [0, 0.05) is 24.3 Å². The first-order valence-electron chi connectivity index (χ1n) is 14.7. The van der Waals surface area contributed by atoms with Crippen LogP contribution in [0.5, 0.6) is 0 Å². The summed E-state index contributed by atoms with van der Waals surface area (Å²) in [6.07, 6.45) is 7.04. The first kappa shape index (κ1) is 31.5. The number of nitrogens with zero attached hydrogens (tertiary/aromatic N) is 2. The number of aliphatic imine (C=N–C) groups is 1. The minimum absolute atomic E-state index is 0.0207. The van der Waals surface area contributed by atoms with Gasteiger partial charge in [-0.25, -0.2) is 14.4 Å². The van der Waals surface area contributed by atoms with Gasteiger partial charge in [-0.05, 0) is 35.4 Å². The number of urea groups is 1. The number of hydrogen-bond donors (Lipinski definition) is 5. The molecule has 2 unspecified atom stereocenters. The molecule has 1 aliphatic carbocycles. The normalized spacial score (nSPS) is 16.7. The van der Waals surface area contributed by atoms with Gasteiger partial charge in [-0.3, -0.25) is 9.79 Å². The summed E-state index contributed by atoms with van der Waals surface area (Å²) in [7, 11) is 0. The fraction of sp³-hybridized carbons (Fsp3) is 0.206. The monoisotopic (exact) mass is 622 g/mol. The van der Waals surface area contributed by atoms with E-state index in [1.165, 1.54) is 0 Å². The van der Waals surface area contributed by atoms with Crippen LogP contribution in [-0.4, -0.2) is 71.1 Å². The molecule has 1 aliphatic heterocycles. The molecule has 3 atom stereocenters. The zero-order chi connectivity index (χ0) is 32.3. The molecule has 12 heteroatoms. The van der Waals surface area contributed by atoms with Crippen LogP contribution in [0.15, 0.2) is 114 Å². The SMILES string of the molecule is O=C(N[C@@H](CNC(=O)c1ccc(CN(CC2=NC3C=CC=CC3N2)C(=O)Nc2ccccc2)cc1)C(=O)O)OCc1ccccc1. The number of aliphatic carboxylic acids is 1. The van der Waals surface area contributed by atoms with E-state index >= 15 is 0 Å². The van der Waals surface area contributed by atoms with Gasteiger partial charge in [0.05, 0.1) is 18.6 Å². The average molecular weight is 623 g/mol. The van der Waals surface area contributed by atoms with Crippen LogP contribution in [0.3, 0.4) is 0 Å². The maximum absolute atomic E-state index is 13.3. The topological polar surface area (TPSA) is 161 Å². The molecule has 46 heavy (non-hydrogen) atoms. The van der Waals surface area contributed by atoms with Crippen molar-refractivity contribution < 1.29 is 29.0 Å². The highest BCUT2D eigenvalue weighted by molar-refractivity contribution is 5.95. The highest BCUT2D eigenvalue weighted by atomic mass is 16.5. The number of alkyl carbamates (subject to hydrolysis) is 1. The number of carbonyl (C=O) groups excluding carboxylic acids is 3. The Balaban J connectivity index is 1.17. The van der Waals surface area contributed by atoms with Crippen LogP contribution in [-0.2, 0) is 22.7 Å². The predicted octanol–water partition coefficient (Wildman–Crippen LogP) is 3.70. The first-order chi connectivity index (χ1) is 22.3. The van der Waals surface area contributed by atoms with E-state index in [-0.39, 0.29) is 49.9 Å². The van der Waals surface area contributed by atoms with Crippen molar-refractivity contribution in [2.75, 3.05) is 18.4 Å². The number of carboxylic acid groups (broad SMARTS) is 1. The van der Waals surface area contributed by atoms with Crippen molar-refractivity contribution in [3.8, 4) is 0 Å². The Hall–Kier alpha value is -5.91. The number of allylic oxidation sites excluding steroid dienone is 2. The summed E-state index contributed by atoms with van der Waals surface area (Å²) >= 11 is 0. The van der Waals surface area contributed by atoms with Crippen LogP contribution in [0.1, 0.15) is 21.5 Å². The lowest BCUT2D eigenvalue weighted by atomic mass is 10.1. The van der Waals surface area contributed by atoms with Gasteiger partial charge in [-0.1, -0.05) is 85.0 Å². The van der Waals surface area contributed by atoms with E-state index in [1.807, 2.05) is 48.6 Å². The maximum atomic E-state index is 13.3. The molecule has 236 valence electrons. The summed E-state index contributed by atoms with van der Waals surface area (Å²) < 4.78 is 5.09. The quantitative estimate of drug-likeness (QED) is 0.206. The molecule has 0 aromatic heterocycles. The Morgan fingerprint density at radius 3 is 2.26 bits per heavy atom. The molecular formula is C34H34N6O6. The number of benzene rings is 3. The molecule has 3 aromatic rings. The molecular weight excluding hydrogens is 588 g/mol. The largest absolute Gasteiger partial charge is 0.480 e. The second kappa shape index (κ2) is 15.2. The predicted molar refractivity (Wildman–Crippen MR) is 172 cm³/mol. The highest BCUT2D eigenvalue weighted by Crippen LogP contribution is 2.17. The van der Waals surface area contributed by atoms with Crippen LogP contribution in [0.2, 0.25) is 0 Å². The van der Waals surface area contributed by atoms with Crippen molar-refractivity contribution in [2.45, 2.75) is 31.3 Å². The number of carbonyl (C=O) groups is 4. The lowest BCUT2D eigenvalue weighted by Crippen LogP contribution is -2.48. The fourth-order valence-electron chi connectivity index (χ4n) is 4.84. The third kappa shape index (κ3) is 8.82. The van der Waals surface area contributed by atoms with Crippen molar-refractivity contribution in [3.63, 3.8) is 0 Å². The summed E-state index contributed by atoms with van der Waals surface area (Å²) in [4.78, 5) is 56.3. The molecule has 0 bridgehead atoms. The molecule has 12 nitrogen and oxygen atoms in total. The van der Waals surface area contributed by atoms with Gasteiger partial charge in [-0.15, -0.1) is 0 Å². The number of amides is 4. The van der Waals surface area contributed by atoms with Crippen LogP contribution < -0.4 is 21.3 Å². The molecule has 0 fully saturated rings. The van der Waals surface area contributed by atoms with Crippen LogP contribution in [0, 0.1) is 0 Å². The highest BCUT2D eigenvalue weighted by Gasteiger charge is 2.28. The average Bonchev–Trinajstić information content (AvgIpc) is 3.49. The summed E-state index contributed by atoms with van der Waals surface area (Å²) in [5.74, 6) is -1.16. The van der Waals surface area contributed by atoms with Crippen LogP contribution in [0.4, 0.5) is 15.3 Å². The molecule has 5 N–H and O–H groups in total. The number of hydrogen-bond acceptors (Lipinski definition) is 7. The van der Waals surface area contributed by atoms with Gasteiger partial charge < -0.3 is 36.0 Å². The van der Waals surface area contributed by atoms with Crippen LogP contribution >= 0.6 is 0 Å². The second-order valence-corrected chi connectivity index (χ2v) is 10.7. The second-order valence-electron chi connectivity index (χ2n) is 10.7. The minimum atomic E-state index is -1.40. The molecule has 0 radical (unpaired) electrons. The van der Waals surface area contributed by atoms with Crippen molar-refractivity contribution in [2.24, 2.45) is 4.99 Å². The Morgan fingerprint density at radius 2 is 1.57 bits per heavy atom. The van der Waals surface area contributed by atoms with Gasteiger partial charge in [0.2, 0.25) is 0 Å². The molecule has 0 saturated heterocycles. The molecule has 4 amide bonds. The van der Waals surface area contributed by atoms with E-state index in [1.54, 1.807) is 65.6 Å². The van der Waals surface area contributed by atoms with Gasteiger partial charge in [-0.2, -0.15) is 0 Å². The van der Waals surface area contributed by atoms with E-state index in [0.29, 0.717) is 11.5 Å². The van der Waals surface area contributed by atoms with Gasteiger partial charge in [0.15, 0.2) is 0 Å². The van der Waals surface area contributed by atoms with E-state index < -0.39 is 24.0 Å². The number of amidine groups is 1. The summed E-state index contributed by atoms with van der Waals surface area (Å²) in [6, 6.07) is 23.0. The minimum Gasteiger partial charge on any atom is -0.480 e. The molecule has 0 saturated carbocycles. The zero-order valence-electron chi connectivity index (χ0n) is 24.8. The fourth-order valence-corrected chi connectivity index (χ4v) is 4.84.